The molecule has 1 fully saturated rings. The van der Waals surface area contributed by atoms with Crippen LogP contribution in [-0.4, -0.2) is 29.2 Å². The number of carbonyl (C=O) groups excluding carboxylic acids is 1. The lowest BCUT2D eigenvalue weighted by atomic mass is 10.1. The minimum Gasteiger partial charge on any atom is -0.447 e. The van der Waals surface area contributed by atoms with Crippen LogP contribution in [-0.2, 0) is 10.9 Å². The van der Waals surface area contributed by atoms with Gasteiger partial charge in [0, 0.05) is 6.20 Å². The summed E-state index contributed by atoms with van der Waals surface area (Å²) >= 11 is 0. The summed E-state index contributed by atoms with van der Waals surface area (Å²) in [5.41, 5.74) is -0.0446. The minimum atomic E-state index is -4.36. The number of nitrogens with one attached hydrogen (secondary N) is 1. The molecule has 0 radical (unpaired) electrons. The van der Waals surface area contributed by atoms with Crippen LogP contribution in [0.5, 0.6) is 0 Å². The highest BCUT2D eigenvalue weighted by Gasteiger charge is 2.30. The molecule has 25 heavy (non-hydrogen) atoms. The minimum absolute atomic E-state index is 0.268. The fraction of sp³-hybridized carbons (Fsp3) is 0.312. The smallest absolute Gasteiger partial charge is 0.416 e. The van der Waals surface area contributed by atoms with E-state index in [1.54, 1.807) is 13.0 Å². The first-order chi connectivity index (χ1) is 11.8. The molecule has 1 saturated heterocycles. The van der Waals surface area contributed by atoms with Gasteiger partial charge in [-0.2, -0.15) is 18.2 Å². The normalized spacial score (nSPS) is 15.8. The van der Waals surface area contributed by atoms with Gasteiger partial charge in [0.15, 0.2) is 0 Å². The van der Waals surface area contributed by atoms with Crippen LogP contribution < -0.4 is 10.2 Å². The topological polar surface area (TPSA) is 67.3 Å². The Morgan fingerprint density at radius 3 is 2.56 bits per heavy atom. The second-order valence-corrected chi connectivity index (χ2v) is 5.49. The van der Waals surface area contributed by atoms with Crippen LogP contribution in [0, 0.1) is 0 Å². The maximum Gasteiger partial charge on any atom is 0.416 e. The molecule has 0 saturated carbocycles. The molecule has 0 bridgehead atoms. The quantitative estimate of drug-likeness (QED) is 0.910. The van der Waals surface area contributed by atoms with Crippen LogP contribution in [0.1, 0.15) is 24.1 Å². The fourth-order valence-electron chi connectivity index (χ4n) is 2.41. The molecule has 1 amide bonds. The van der Waals surface area contributed by atoms with Gasteiger partial charge in [-0.05, 0) is 30.7 Å². The van der Waals surface area contributed by atoms with Gasteiger partial charge in [0.2, 0.25) is 5.95 Å². The summed E-state index contributed by atoms with van der Waals surface area (Å²) in [5, 5.41) is 3.01. The van der Waals surface area contributed by atoms with Crippen molar-refractivity contribution in [2.24, 2.45) is 0 Å². The maximum absolute atomic E-state index is 12.6. The first-order valence-electron chi connectivity index (χ1n) is 7.55. The van der Waals surface area contributed by atoms with Crippen molar-refractivity contribution in [3.8, 4) is 0 Å². The highest BCUT2D eigenvalue weighted by atomic mass is 19.4. The van der Waals surface area contributed by atoms with Crippen molar-refractivity contribution < 1.29 is 22.7 Å². The van der Waals surface area contributed by atoms with Crippen molar-refractivity contribution in [2.45, 2.75) is 19.1 Å². The van der Waals surface area contributed by atoms with Gasteiger partial charge in [0.25, 0.3) is 0 Å². The standard InChI is InChI=1S/C16H15F3N4O2/c1-10(11-2-4-12(5-3-11)16(17,18)19)21-14-20-7-6-13(22-14)23-8-9-25-15(23)24/h2-7,10H,8-9H2,1H3,(H,20,21,22)/t10-/m1/s1. The van der Waals surface area contributed by atoms with Gasteiger partial charge in [-0.25, -0.2) is 9.78 Å². The Bertz CT molecular complexity index is 765. The fourth-order valence-corrected chi connectivity index (χ4v) is 2.41. The van der Waals surface area contributed by atoms with E-state index in [0.717, 1.165) is 12.1 Å². The van der Waals surface area contributed by atoms with Crippen molar-refractivity contribution >= 4 is 17.9 Å². The average molecular weight is 352 g/mol. The molecule has 2 aromatic rings. The molecule has 132 valence electrons. The van der Waals surface area contributed by atoms with Crippen molar-refractivity contribution in [1.29, 1.82) is 0 Å². The molecular weight excluding hydrogens is 337 g/mol. The molecule has 0 spiro atoms. The van der Waals surface area contributed by atoms with Crippen LogP contribution in [0.25, 0.3) is 0 Å². The zero-order chi connectivity index (χ0) is 18.0. The number of amides is 1. The Balaban J connectivity index is 1.72. The van der Waals surface area contributed by atoms with E-state index in [1.165, 1.54) is 23.2 Å². The Morgan fingerprint density at radius 2 is 1.96 bits per heavy atom. The molecule has 1 aromatic carbocycles. The lowest BCUT2D eigenvalue weighted by Crippen LogP contribution is -2.25. The molecule has 1 aliphatic heterocycles. The molecule has 9 heteroatoms. The summed E-state index contributed by atoms with van der Waals surface area (Å²) in [7, 11) is 0. The molecule has 3 rings (SSSR count). The number of aromatic nitrogens is 2. The Kier molecular flexibility index (Phi) is 4.47. The summed E-state index contributed by atoms with van der Waals surface area (Å²) in [4.78, 5) is 21.3. The molecule has 1 N–H and O–H groups in total. The number of anilines is 2. The SMILES string of the molecule is C[C@@H](Nc1nccc(N2CCOC2=O)n1)c1ccc(C(F)(F)F)cc1. The summed E-state index contributed by atoms with van der Waals surface area (Å²) in [6.07, 6.45) is -3.34. The van der Waals surface area contributed by atoms with Crippen LogP contribution in [0.2, 0.25) is 0 Å². The zero-order valence-corrected chi connectivity index (χ0v) is 13.2. The van der Waals surface area contributed by atoms with Crippen LogP contribution in [0.15, 0.2) is 36.5 Å². The van der Waals surface area contributed by atoms with Gasteiger partial charge in [0.05, 0.1) is 18.2 Å². The van der Waals surface area contributed by atoms with E-state index < -0.39 is 17.8 Å². The van der Waals surface area contributed by atoms with Gasteiger partial charge in [-0.1, -0.05) is 12.1 Å². The van der Waals surface area contributed by atoms with E-state index in [4.69, 9.17) is 4.74 Å². The highest BCUT2D eigenvalue weighted by Crippen LogP contribution is 2.30. The number of hydrogen-bond acceptors (Lipinski definition) is 5. The third-order valence-corrected chi connectivity index (χ3v) is 3.76. The Morgan fingerprint density at radius 1 is 1.24 bits per heavy atom. The third-order valence-electron chi connectivity index (χ3n) is 3.76. The van der Waals surface area contributed by atoms with Crippen molar-refractivity contribution in [2.75, 3.05) is 23.4 Å². The highest BCUT2D eigenvalue weighted by molar-refractivity contribution is 5.88. The summed E-state index contributed by atoms with van der Waals surface area (Å²) in [5.74, 6) is 0.671. The number of alkyl halides is 3. The lowest BCUT2D eigenvalue weighted by molar-refractivity contribution is -0.137. The van der Waals surface area contributed by atoms with E-state index >= 15 is 0 Å². The van der Waals surface area contributed by atoms with E-state index in [1.807, 2.05) is 0 Å². The van der Waals surface area contributed by atoms with Crippen molar-refractivity contribution in [3.05, 3.63) is 47.7 Å². The maximum atomic E-state index is 12.6. The lowest BCUT2D eigenvalue weighted by Gasteiger charge is -2.17. The molecule has 6 nitrogen and oxygen atoms in total. The van der Waals surface area contributed by atoms with E-state index in [0.29, 0.717) is 24.5 Å². The zero-order valence-electron chi connectivity index (χ0n) is 13.2. The first-order valence-corrected chi connectivity index (χ1v) is 7.55. The Hall–Kier alpha value is -2.84. The van der Waals surface area contributed by atoms with Gasteiger partial charge in [-0.15, -0.1) is 0 Å². The van der Waals surface area contributed by atoms with Crippen molar-refractivity contribution in [3.63, 3.8) is 0 Å². The molecule has 0 aliphatic carbocycles. The monoisotopic (exact) mass is 352 g/mol. The number of carbonyl (C=O) groups is 1. The largest absolute Gasteiger partial charge is 0.447 e. The van der Waals surface area contributed by atoms with Gasteiger partial charge >= 0.3 is 12.3 Å². The number of hydrogen-bond donors (Lipinski definition) is 1. The van der Waals surface area contributed by atoms with Crippen LogP contribution in [0.3, 0.4) is 0 Å². The number of benzene rings is 1. The average Bonchev–Trinajstić information content (AvgIpc) is 3.00. The van der Waals surface area contributed by atoms with E-state index in [-0.39, 0.29) is 12.0 Å². The molecule has 0 unspecified atom stereocenters. The summed E-state index contributed by atoms with van der Waals surface area (Å²) in [6.45, 7) is 2.49. The van der Waals surface area contributed by atoms with Crippen LogP contribution >= 0.6 is 0 Å². The third kappa shape index (κ3) is 3.81. The molecule has 1 aliphatic rings. The van der Waals surface area contributed by atoms with E-state index in [9.17, 15) is 18.0 Å². The number of cyclic esters (lactones) is 1. The molecular formula is C16H15F3N4O2. The molecule has 2 heterocycles. The molecule has 1 atom stereocenters. The second-order valence-electron chi connectivity index (χ2n) is 5.49. The number of rotatable bonds is 4. The van der Waals surface area contributed by atoms with Gasteiger partial charge < -0.3 is 10.1 Å². The van der Waals surface area contributed by atoms with Crippen LogP contribution in [0.4, 0.5) is 29.7 Å². The van der Waals surface area contributed by atoms with E-state index in [2.05, 4.69) is 15.3 Å². The number of nitrogens with zero attached hydrogens (tertiary/aromatic N) is 3. The summed E-state index contributed by atoms with van der Waals surface area (Å²) in [6, 6.07) is 6.14. The Labute approximate surface area is 141 Å². The number of ether oxygens (including phenoxy) is 1. The molecule has 1 aromatic heterocycles. The number of halogens is 3. The summed E-state index contributed by atoms with van der Waals surface area (Å²) < 4.78 is 42.7. The second kappa shape index (κ2) is 6.58. The predicted molar refractivity (Wildman–Crippen MR) is 84.2 cm³/mol. The van der Waals surface area contributed by atoms with Gasteiger partial charge in [-0.3, -0.25) is 4.90 Å². The first kappa shape index (κ1) is 17.0. The van der Waals surface area contributed by atoms with Gasteiger partial charge in [0.1, 0.15) is 12.4 Å². The van der Waals surface area contributed by atoms with Crippen molar-refractivity contribution in [1.82, 2.24) is 9.97 Å². The predicted octanol–water partition coefficient (Wildman–Crippen LogP) is 3.63.